The zero-order valence-electron chi connectivity index (χ0n) is 13.4. The van der Waals surface area contributed by atoms with Crippen molar-refractivity contribution in [3.63, 3.8) is 0 Å². The molecule has 120 valence electrons. The molecule has 0 aliphatic rings. The predicted octanol–water partition coefficient (Wildman–Crippen LogP) is 2.26. The molecule has 7 nitrogen and oxygen atoms in total. The number of rotatable bonds is 7. The lowest BCUT2D eigenvalue weighted by Gasteiger charge is -2.11. The number of urea groups is 1. The molecule has 2 amide bonds. The van der Waals surface area contributed by atoms with Crippen molar-refractivity contribution < 1.29 is 4.79 Å². The molecular formula is C15H24N6O. The first-order valence-corrected chi connectivity index (χ1v) is 7.60. The van der Waals surface area contributed by atoms with E-state index in [-0.39, 0.29) is 6.03 Å². The molecule has 2 aromatic heterocycles. The first-order chi connectivity index (χ1) is 10.5. The number of carbonyl (C=O) groups excluding carboxylic acids is 1. The minimum absolute atomic E-state index is 0.206. The summed E-state index contributed by atoms with van der Waals surface area (Å²) in [7, 11) is 0. The maximum atomic E-state index is 11.9. The third kappa shape index (κ3) is 4.91. The molecule has 0 aromatic carbocycles. The topological polar surface area (TPSA) is 76.8 Å². The number of hydrogen-bond acceptors (Lipinski definition) is 3. The van der Waals surface area contributed by atoms with Gasteiger partial charge in [-0.15, -0.1) is 0 Å². The first kappa shape index (κ1) is 16.1. The van der Waals surface area contributed by atoms with Crippen molar-refractivity contribution in [1.82, 2.24) is 24.9 Å². The van der Waals surface area contributed by atoms with Crippen LogP contribution < -0.4 is 10.6 Å². The molecule has 0 aliphatic carbocycles. The minimum Gasteiger partial charge on any atom is -0.338 e. The highest BCUT2D eigenvalue weighted by molar-refractivity contribution is 5.88. The van der Waals surface area contributed by atoms with Crippen LogP contribution in [0.1, 0.15) is 25.8 Å². The van der Waals surface area contributed by atoms with Crippen LogP contribution in [0.3, 0.4) is 0 Å². The third-order valence-electron chi connectivity index (χ3n) is 3.11. The van der Waals surface area contributed by atoms with Gasteiger partial charge in [-0.25, -0.2) is 9.48 Å². The summed E-state index contributed by atoms with van der Waals surface area (Å²) in [6, 6.07) is 1.59. The second-order valence-electron chi connectivity index (χ2n) is 5.81. The van der Waals surface area contributed by atoms with Gasteiger partial charge >= 0.3 is 6.03 Å². The average Bonchev–Trinajstić information content (AvgIpc) is 3.04. The lowest BCUT2D eigenvalue weighted by Crippen LogP contribution is -2.31. The van der Waals surface area contributed by atoms with Gasteiger partial charge in [0.15, 0.2) is 0 Å². The number of carbonyl (C=O) groups is 1. The predicted molar refractivity (Wildman–Crippen MR) is 85.7 cm³/mol. The van der Waals surface area contributed by atoms with E-state index in [4.69, 9.17) is 0 Å². The molecular weight excluding hydrogens is 280 g/mol. The number of aryl methyl sites for hydroxylation is 2. The first-order valence-electron chi connectivity index (χ1n) is 7.60. The summed E-state index contributed by atoms with van der Waals surface area (Å²) in [6.07, 6.45) is 6.35. The molecule has 0 saturated carbocycles. The summed E-state index contributed by atoms with van der Waals surface area (Å²) in [5, 5.41) is 14.1. The molecule has 2 aromatic rings. The number of aromatic nitrogens is 4. The van der Waals surface area contributed by atoms with E-state index in [0.717, 1.165) is 25.1 Å². The Kier molecular flexibility index (Phi) is 5.57. The Labute approximate surface area is 130 Å². The van der Waals surface area contributed by atoms with E-state index in [0.29, 0.717) is 18.3 Å². The molecule has 0 spiro atoms. The van der Waals surface area contributed by atoms with Crippen LogP contribution in [0.4, 0.5) is 10.6 Å². The van der Waals surface area contributed by atoms with Gasteiger partial charge in [0.2, 0.25) is 0 Å². The van der Waals surface area contributed by atoms with Crippen molar-refractivity contribution in [3.05, 3.63) is 30.2 Å². The highest BCUT2D eigenvalue weighted by Crippen LogP contribution is 2.08. The molecule has 7 heteroatoms. The van der Waals surface area contributed by atoms with Crippen LogP contribution in [0.2, 0.25) is 0 Å². The Morgan fingerprint density at radius 1 is 1.36 bits per heavy atom. The Bertz CT molecular complexity index is 601. The summed E-state index contributed by atoms with van der Waals surface area (Å²) in [5.74, 6) is 1.19. The highest BCUT2D eigenvalue weighted by Gasteiger charge is 2.07. The van der Waals surface area contributed by atoms with Gasteiger partial charge in [-0.1, -0.05) is 13.8 Å². The Balaban J connectivity index is 1.70. The maximum Gasteiger partial charge on any atom is 0.320 e. The van der Waals surface area contributed by atoms with Gasteiger partial charge in [0.05, 0.1) is 12.4 Å². The quantitative estimate of drug-likeness (QED) is 0.770. The summed E-state index contributed by atoms with van der Waals surface area (Å²) in [4.78, 5) is 11.9. The van der Waals surface area contributed by atoms with E-state index in [2.05, 4.69) is 34.7 Å². The molecule has 0 atom stereocenters. The van der Waals surface area contributed by atoms with Crippen LogP contribution in [0, 0.1) is 12.8 Å². The lowest BCUT2D eigenvalue weighted by atomic mass is 10.2. The van der Waals surface area contributed by atoms with E-state index in [1.54, 1.807) is 16.9 Å². The Morgan fingerprint density at radius 2 is 2.18 bits per heavy atom. The SMILES string of the molecule is Cc1cnn(CCCNC(=O)Nc2ccnn2CC(C)C)c1. The molecule has 0 bridgehead atoms. The number of hydrogen-bond donors (Lipinski definition) is 2. The largest absolute Gasteiger partial charge is 0.338 e. The van der Waals surface area contributed by atoms with Gasteiger partial charge in [-0.3, -0.25) is 10.00 Å². The van der Waals surface area contributed by atoms with Gasteiger partial charge in [-0.2, -0.15) is 10.2 Å². The molecule has 0 radical (unpaired) electrons. The monoisotopic (exact) mass is 304 g/mol. The minimum atomic E-state index is -0.206. The maximum absolute atomic E-state index is 11.9. The summed E-state index contributed by atoms with van der Waals surface area (Å²) in [6.45, 7) is 8.41. The highest BCUT2D eigenvalue weighted by atomic mass is 16.2. The van der Waals surface area contributed by atoms with Crippen molar-refractivity contribution >= 4 is 11.8 Å². The lowest BCUT2D eigenvalue weighted by molar-refractivity contribution is 0.251. The summed E-state index contributed by atoms with van der Waals surface area (Å²) < 4.78 is 3.68. The van der Waals surface area contributed by atoms with Crippen LogP contribution in [0.15, 0.2) is 24.7 Å². The van der Waals surface area contributed by atoms with Crippen LogP contribution in [0.5, 0.6) is 0 Å². The molecule has 0 unspecified atom stereocenters. The Hall–Kier alpha value is -2.31. The number of nitrogens with zero attached hydrogens (tertiary/aromatic N) is 4. The van der Waals surface area contributed by atoms with Crippen molar-refractivity contribution in [3.8, 4) is 0 Å². The van der Waals surface area contributed by atoms with E-state index in [9.17, 15) is 4.79 Å². The third-order valence-corrected chi connectivity index (χ3v) is 3.11. The second-order valence-corrected chi connectivity index (χ2v) is 5.81. The standard InChI is InChI=1S/C15H24N6O/c1-12(2)10-21-14(5-7-17-21)19-15(22)16-6-4-8-20-11-13(3)9-18-20/h5,7,9,11-12H,4,6,8,10H2,1-3H3,(H2,16,19,22). The van der Waals surface area contributed by atoms with Crippen molar-refractivity contribution in [1.29, 1.82) is 0 Å². The van der Waals surface area contributed by atoms with Gasteiger partial charge < -0.3 is 5.32 Å². The normalized spacial score (nSPS) is 10.9. The molecule has 0 saturated heterocycles. The number of amides is 2. The van der Waals surface area contributed by atoms with Crippen LogP contribution >= 0.6 is 0 Å². The summed E-state index contributed by atoms with van der Waals surface area (Å²) >= 11 is 0. The van der Waals surface area contributed by atoms with Crippen LogP contribution in [-0.4, -0.2) is 32.1 Å². The Morgan fingerprint density at radius 3 is 2.86 bits per heavy atom. The molecule has 2 rings (SSSR count). The van der Waals surface area contributed by atoms with E-state index < -0.39 is 0 Å². The molecule has 2 N–H and O–H groups in total. The molecule has 2 heterocycles. The van der Waals surface area contributed by atoms with E-state index in [1.807, 2.05) is 24.0 Å². The van der Waals surface area contributed by atoms with Crippen molar-refractivity contribution in [2.24, 2.45) is 5.92 Å². The van der Waals surface area contributed by atoms with Crippen molar-refractivity contribution in [2.75, 3.05) is 11.9 Å². The van der Waals surface area contributed by atoms with Crippen LogP contribution in [-0.2, 0) is 13.1 Å². The molecule has 0 aliphatic heterocycles. The fraction of sp³-hybridized carbons (Fsp3) is 0.533. The van der Waals surface area contributed by atoms with E-state index >= 15 is 0 Å². The van der Waals surface area contributed by atoms with Crippen LogP contribution in [0.25, 0.3) is 0 Å². The number of anilines is 1. The average molecular weight is 304 g/mol. The van der Waals surface area contributed by atoms with E-state index in [1.165, 1.54) is 0 Å². The van der Waals surface area contributed by atoms with Crippen molar-refractivity contribution in [2.45, 2.75) is 40.3 Å². The number of nitrogens with one attached hydrogen (secondary N) is 2. The smallest absolute Gasteiger partial charge is 0.320 e. The molecule has 0 fully saturated rings. The fourth-order valence-electron chi connectivity index (χ4n) is 2.12. The van der Waals surface area contributed by atoms with Gasteiger partial charge in [0.1, 0.15) is 5.82 Å². The van der Waals surface area contributed by atoms with Gasteiger partial charge in [0, 0.05) is 31.9 Å². The zero-order chi connectivity index (χ0) is 15.9. The summed E-state index contributed by atoms with van der Waals surface area (Å²) in [5.41, 5.74) is 1.14. The van der Waals surface area contributed by atoms with Gasteiger partial charge in [-0.05, 0) is 24.8 Å². The fourth-order valence-corrected chi connectivity index (χ4v) is 2.12. The molecule has 22 heavy (non-hydrogen) atoms. The second kappa shape index (κ2) is 7.63. The zero-order valence-corrected chi connectivity index (χ0v) is 13.4. The van der Waals surface area contributed by atoms with Gasteiger partial charge in [0.25, 0.3) is 0 Å².